The van der Waals surface area contributed by atoms with Crippen molar-refractivity contribution >= 4 is 28.8 Å². The van der Waals surface area contributed by atoms with E-state index in [1.54, 1.807) is 6.07 Å². The summed E-state index contributed by atoms with van der Waals surface area (Å²) < 4.78 is 39.3. The normalized spacial score (nSPS) is 11.1. The number of nitrogens with one attached hydrogen (secondary N) is 2. The Morgan fingerprint density at radius 2 is 1.59 bits per heavy atom. The fourth-order valence-corrected chi connectivity index (χ4v) is 2.44. The van der Waals surface area contributed by atoms with Gasteiger partial charge in [0.25, 0.3) is 0 Å². The van der Waals surface area contributed by atoms with E-state index in [-0.39, 0.29) is 11.6 Å². The molecular weight excluding hydrogens is 355 g/mol. The molecule has 27 heavy (non-hydrogen) atoms. The topological polar surface area (TPSA) is 53.1 Å². The lowest BCUT2D eigenvalue weighted by Gasteiger charge is -2.14. The molecule has 8 heteroatoms. The molecule has 0 amide bonds. The molecule has 0 aliphatic rings. The van der Waals surface area contributed by atoms with Crippen LogP contribution in [0.2, 0.25) is 0 Å². The number of benzene rings is 2. The van der Waals surface area contributed by atoms with E-state index in [1.807, 2.05) is 43.3 Å². The third-order valence-corrected chi connectivity index (χ3v) is 3.79. The van der Waals surface area contributed by atoms with Crippen LogP contribution < -0.4 is 15.5 Å². The minimum Gasteiger partial charge on any atom is -0.378 e. The number of alkyl halides is 3. The van der Waals surface area contributed by atoms with Crippen molar-refractivity contribution in [1.82, 2.24) is 9.97 Å². The van der Waals surface area contributed by atoms with Gasteiger partial charge in [-0.25, -0.2) is 4.98 Å². The molecule has 3 aromatic rings. The standard InChI is InChI=1S/C19H18F3N5/c1-27(2)14-9-7-13(8-10-14)24-17-11-12-23-18(26-17)25-16-6-4-3-5-15(16)19(20,21)22/h3-12H,1-2H3,(H2,23,24,25,26). The fourth-order valence-electron chi connectivity index (χ4n) is 2.44. The number of para-hydroxylation sites is 1. The minimum absolute atomic E-state index is 0.0709. The van der Waals surface area contributed by atoms with Crippen LogP contribution in [0.4, 0.5) is 42.0 Å². The average molecular weight is 373 g/mol. The molecule has 0 bridgehead atoms. The van der Waals surface area contributed by atoms with E-state index < -0.39 is 11.7 Å². The lowest BCUT2D eigenvalue weighted by molar-refractivity contribution is -0.136. The van der Waals surface area contributed by atoms with Crippen molar-refractivity contribution in [2.45, 2.75) is 6.18 Å². The summed E-state index contributed by atoms with van der Waals surface area (Å²) in [4.78, 5) is 10.2. The van der Waals surface area contributed by atoms with Crippen LogP contribution in [-0.4, -0.2) is 24.1 Å². The summed E-state index contributed by atoms with van der Waals surface area (Å²) in [7, 11) is 3.90. The van der Waals surface area contributed by atoms with Gasteiger partial charge >= 0.3 is 6.18 Å². The highest BCUT2D eigenvalue weighted by Crippen LogP contribution is 2.35. The first-order chi connectivity index (χ1) is 12.8. The third kappa shape index (κ3) is 4.66. The maximum atomic E-state index is 13.1. The van der Waals surface area contributed by atoms with Gasteiger partial charge in [0.15, 0.2) is 0 Å². The molecule has 0 atom stereocenters. The molecule has 3 rings (SSSR count). The molecule has 2 aromatic carbocycles. The van der Waals surface area contributed by atoms with E-state index in [4.69, 9.17) is 0 Å². The van der Waals surface area contributed by atoms with Gasteiger partial charge in [0.1, 0.15) is 5.82 Å². The molecule has 1 aromatic heterocycles. The highest BCUT2D eigenvalue weighted by molar-refractivity contribution is 5.63. The molecular formula is C19H18F3N5. The Morgan fingerprint density at radius 1 is 0.889 bits per heavy atom. The van der Waals surface area contributed by atoms with Crippen LogP contribution in [0, 0.1) is 0 Å². The Labute approximate surface area is 154 Å². The van der Waals surface area contributed by atoms with Gasteiger partial charge < -0.3 is 15.5 Å². The second kappa shape index (κ2) is 7.53. The van der Waals surface area contributed by atoms with Gasteiger partial charge in [0.2, 0.25) is 5.95 Å². The summed E-state index contributed by atoms with van der Waals surface area (Å²) in [5.74, 6) is 0.538. The third-order valence-electron chi connectivity index (χ3n) is 3.79. The van der Waals surface area contributed by atoms with E-state index in [9.17, 15) is 13.2 Å². The number of hydrogen-bond donors (Lipinski definition) is 2. The van der Waals surface area contributed by atoms with E-state index >= 15 is 0 Å². The second-order valence-electron chi connectivity index (χ2n) is 6.00. The average Bonchev–Trinajstić information content (AvgIpc) is 2.62. The number of hydrogen-bond acceptors (Lipinski definition) is 5. The highest BCUT2D eigenvalue weighted by Gasteiger charge is 2.33. The van der Waals surface area contributed by atoms with E-state index in [0.717, 1.165) is 17.4 Å². The monoisotopic (exact) mass is 373 g/mol. The number of aromatic nitrogens is 2. The first-order valence-electron chi connectivity index (χ1n) is 8.13. The summed E-state index contributed by atoms with van der Waals surface area (Å²) in [6.45, 7) is 0. The van der Waals surface area contributed by atoms with E-state index in [2.05, 4.69) is 20.6 Å². The summed E-state index contributed by atoms with van der Waals surface area (Å²) in [6, 6.07) is 14.5. The van der Waals surface area contributed by atoms with Crippen LogP contribution in [-0.2, 0) is 6.18 Å². The summed E-state index contributed by atoms with van der Waals surface area (Å²) >= 11 is 0. The van der Waals surface area contributed by atoms with Crippen LogP contribution in [0.25, 0.3) is 0 Å². The second-order valence-corrected chi connectivity index (χ2v) is 6.00. The van der Waals surface area contributed by atoms with Crippen molar-refractivity contribution < 1.29 is 13.2 Å². The quantitative estimate of drug-likeness (QED) is 0.656. The molecule has 0 aliphatic heterocycles. The van der Waals surface area contributed by atoms with Gasteiger partial charge in [-0.05, 0) is 42.5 Å². The molecule has 0 saturated carbocycles. The van der Waals surface area contributed by atoms with Gasteiger partial charge in [-0.2, -0.15) is 18.2 Å². The first kappa shape index (κ1) is 18.5. The van der Waals surface area contributed by atoms with Crippen molar-refractivity contribution in [1.29, 1.82) is 0 Å². The smallest absolute Gasteiger partial charge is 0.378 e. The number of halogens is 3. The van der Waals surface area contributed by atoms with Crippen LogP contribution in [0.3, 0.4) is 0 Å². The molecule has 2 N–H and O–H groups in total. The zero-order chi connectivity index (χ0) is 19.4. The van der Waals surface area contributed by atoms with Gasteiger partial charge in [0, 0.05) is 31.7 Å². The largest absolute Gasteiger partial charge is 0.418 e. The van der Waals surface area contributed by atoms with Crippen molar-refractivity contribution in [3.8, 4) is 0 Å². The lowest BCUT2D eigenvalue weighted by atomic mass is 10.1. The molecule has 0 unspecified atom stereocenters. The van der Waals surface area contributed by atoms with Crippen LogP contribution >= 0.6 is 0 Å². The van der Waals surface area contributed by atoms with Gasteiger partial charge in [-0.1, -0.05) is 12.1 Å². The van der Waals surface area contributed by atoms with Crippen molar-refractivity contribution in [3.63, 3.8) is 0 Å². The molecule has 140 valence electrons. The summed E-state index contributed by atoms with van der Waals surface area (Å²) in [5, 5.41) is 5.75. The first-order valence-corrected chi connectivity index (χ1v) is 8.13. The number of anilines is 5. The Bertz CT molecular complexity index is 908. The molecule has 0 saturated heterocycles. The van der Waals surface area contributed by atoms with Crippen LogP contribution in [0.1, 0.15) is 5.56 Å². The van der Waals surface area contributed by atoms with E-state index in [1.165, 1.54) is 24.4 Å². The Morgan fingerprint density at radius 3 is 2.26 bits per heavy atom. The van der Waals surface area contributed by atoms with Gasteiger partial charge in [0.05, 0.1) is 11.3 Å². The van der Waals surface area contributed by atoms with Crippen LogP contribution in [0.5, 0.6) is 0 Å². The Hall–Kier alpha value is -3.29. The molecule has 0 aliphatic carbocycles. The van der Waals surface area contributed by atoms with Gasteiger partial charge in [-0.15, -0.1) is 0 Å². The fraction of sp³-hybridized carbons (Fsp3) is 0.158. The van der Waals surface area contributed by atoms with E-state index in [0.29, 0.717) is 5.82 Å². The zero-order valence-electron chi connectivity index (χ0n) is 14.7. The zero-order valence-corrected chi connectivity index (χ0v) is 14.7. The molecule has 0 spiro atoms. The molecule has 0 radical (unpaired) electrons. The highest BCUT2D eigenvalue weighted by atomic mass is 19.4. The molecule has 1 heterocycles. The summed E-state index contributed by atoms with van der Waals surface area (Å²) in [6.07, 6.45) is -2.99. The predicted octanol–water partition coefficient (Wildman–Crippen LogP) is 5.05. The maximum absolute atomic E-state index is 13.1. The van der Waals surface area contributed by atoms with Gasteiger partial charge in [-0.3, -0.25) is 0 Å². The van der Waals surface area contributed by atoms with Crippen molar-refractivity contribution in [2.24, 2.45) is 0 Å². The number of rotatable bonds is 5. The Kier molecular flexibility index (Phi) is 5.16. The van der Waals surface area contributed by atoms with Crippen molar-refractivity contribution in [3.05, 3.63) is 66.4 Å². The number of nitrogens with zero attached hydrogens (tertiary/aromatic N) is 3. The molecule has 5 nitrogen and oxygen atoms in total. The summed E-state index contributed by atoms with van der Waals surface area (Å²) in [5.41, 5.74) is 0.985. The SMILES string of the molecule is CN(C)c1ccc(Nc2ccnc(Nc3ccccc3C(F)(F)F)n2)cc1. The lowest BCUT2D eigenvalue weighted by Crippen LogP contribution is -2.10. The van der Waals surface area contributed by atoms with Crippen LogP contribution in [0.15, 0.2) is 60.8 Å². The Balaban J connectivity index is 1.79. The predicted molar refractivity (Wildman–Crippen MR) is 101 cm³/mol. The maximum Gasteiger partial charge on any atom is 0.418 e. The van der Waals surface area contributed by atoms with Crippen molar-refractivity contribution in [2.75, 3.05) is 29.6 Å². The minimum atomic E-state index is -4.46. The molecule has 0 fully saturated rings.